The molecule has 0 saturated carbocycles. The molecule has 0 aliphatic heterocycles. The van der Waals surface area contributed by atoms with Crippen molar-refractivity contribution in [3.63, 3.8) is 0 Å². The number of halogens is 3. The summed E-state index contributed by atoms with van der Waals surface area (Å²) >= 11 is 0. The van der Waals surface area contributed by atoms with Crippen LogP contribution in [0.4, 0.5) is 18.9 Å². The molecule has 0 fully saturated rings. The first-order valence-corrected chi connectivity index (χ1v) is 4.02. The van der Waals surface area contributed by atoms with Gasteiger partial charge in [-0.3, -0.25) is 19.9 Å². The zero-order chi connectivity index (χ0) is 13.2. The molecule has 1 rings (SSSR count). The molecular formula is C7H5F3N2O5. The molecule has 0 atom stereocenters. The predicted molar refractivity (Wildman–Crippen MR) is 46.3 cm³/mol. The number of ether oxygens (including phenoxy) is 1. The number of aromatic nitrogens is 1. The summed E-state index contributed by atoms with van der Waals surface area (Å²) in [4.78, 5) is 21.9. The Morgan fingerprint density at radius 2 is 2.12 bits per heavy atom. The molecule has 0 bridgehead atoms. The topological polar surface area (TPSA) is 105 Å². The molecule has 0 radical (unpaired) electrons. The summed E-state index contributed by atoms with van der Waals surface area (Å²) in [5.41, 5.74) is -2.85. The van der Waals surface area contributed by atoms with Gasteiger partial charge < -0.3 is 9.84 Å². The van der Waals surface area contributed by atoms with E-state index >= 15 is 0 Å². The van der Waals surface area contributed by atoms with Crippen LogP contribution in [0.25, 0.3) is 0 Å². The predicted octanol–water partition coefficient (Wildman–Crippen LogP) is 0.674. The fourth-order valence-corrected chi connectivity index (χ4v) is 1.07. The first kappa shape index (κ1) is 13.0. The first-order valence-electron chi connectivity index (χ1n) is 4.02. The van der Waals surface area contributed by atoms with Crippen molar-refractivity contribution in [3.05, 3.63) is 32.1 Å². The largest absolute Gasteiger partial charge is 0.574 e. The van der Waals surface area contributed by atoms with Crippen molar-refractivity contribution in [1.29, 1.82) is 0 Å². The molecule has 0 aliphatic rings. The number of nitro groups is 1. The molecule has 1 aromatic rings. The summed E-state index contributed by atoms with van der Waals surface area (Å²) in [5, 5.41) is 19.2. The van der Waals surface area contributed by atoms with Crippen LogP contribution in [-0.2, 0) is 6.61 Å². The van der Waals surface area contributed by atoms with E-state index in [2.05, 4.69) is 4.74 Å². The summed E-state index contributed by atoms with van der Waals surface area (Å²) in [6.45, 7) is -1.08. The highest BCUT2D eigenvalue weighted by Gasteiger charge is 2.34. The molecule has 1 aromatic heterocycles. The number of hydrogen-bond acceptors (Lipinski definition) is 5. The van der Waals surface area contributed by atoms with E-state index in [4.69, 9.17) is 5.11 Å². The third kappa shape index (κ3) is 3.17. The molecule has 17 heavy (non-hydrogen) atoms. The minimum absolute atomic E-state index is 0.453. The molecule has 0 aromatic carbocycles. The van der Waals surface area contributed by atoms with Gasteiger partial charge in [-0.2, -0.15) is 0 Å². The minimum Gasteiger partial charge on any atom is -0.391 e. The maximum atomic E-state index is 11.9. The summed E-state index contributed by atoms with van der Waals surface area (Å²) in [7, 11) is 0. The van der Waals surface area contributed by atoms with Crippen LogP contribution >= 0.6 is 0 Å². The molecule has 0 saturated heterocycles. The monoisotopic (exact) mass is 254 g/mol. The van der Waals surface area contributed by atoms with Crippen LogP contribution < -0.4 is 10.3 Å². The molecule has 7 nitrogen and oxygen atoms in total. The van der Waals surface area contributed by atoms with Gasteiger partial charge in [0.05, 0.1) is 17.6 Å². The Hall–Kier alpha value is -2.10. The van der Waals surface area contributed by atoms with E-state index in [1.807, 2.05) is 0 Å². The Balaban J connectivity index is 3.38. The second kappa shape index (κ2) is 4.41. The van der Waals surface area contributed by atoms with Crippen LogP contribution in [0.15, 0.2) is 10.9 Å². The van der Waals surface area contributed by atoms with E-state index in [1.54, 1.807) is 4.98 Å². The fourth-order valence-electron chi connectivity index (χ4n) is 1.07. The van der Waals surface area contributed by atoms with Crippen LogP contribution in [0.5, 0.6) is 5.88 Å². The third-order valence-corrected chi connectivity index (χ3v) is 1.66. The average Bonchev–Trinajstić information content (AvgIpc) is 2.14. The second-order valence-corrected chi connectivity index (χ2v) is 2.79. The number of alkyl halides is 3. The van der Waals surface area contributed by atoms with E-state index < -0.39 is 40.6 Å². The van der Waals surface area contributed by atoms with Gasteiger partial charge in [-0.15, -0.1) is 13.2 Å². The molecule has 1 heterocycles. The smallest absolute Gasteiger partial charge is 0.391 e. The minimum atomic E-state index is -5.14. The number of aliphatic hydroxyl groups is 1. The summed E-state index contributed by atoms with van der Waals surface area (Å²) in [6, 6.07) is 0.453. The number of rotatable bonds is 3. The van der Waals surface area contributed by atoms with E-state index in [-0.39, 0.29) is 0 Å². The lowest BCUT2D eigenvalue weighted by Crippen LogP contribution is -2.22. The van der Waals surface area contributed by atoms with Crippen molar-refractivity contribution in [2.45, 2.75) is 13.0 Å². The van der Waals surface area contributed by atoms with E-state index in [0.717, 1.165) is 0 Å². The van der Waals surface area contributed by atoms with Gasteiger partial charge in [-0.25, -0.2) is 0 Å². The van der Waals surface area contributed by atoms with E-state index in [1.165, 1.54) is 0 Å². The molecule has 0 amide bonds. The van der Waals surface area contributed by atoms with Crippen molar-refractivity contribution < 1.29 is 27.9 Å². The van der Waals surface area contributed by atoms with Crippen LogP contribution in [0.3, 0.4) is 0 Å². The van der Waals surface area contributed by atoms with Crippen LogP contribution in [0.2, 0.25) is 0 Å². The maximum Gasteiger partial charge on any atom is 0.574 e. The molecule has 10 heteroatoms. The van der Waals surface area contributed by atoms with E-state index in [0.29, 0.717) is 6.07 Å². The Morgan fingerprint density at radius 3 is 2.53 bits per heavy atom. The number of aromatic amines is 1. The van der Waals surface area contributed by atoms with Gasteiger partial charge in [-0.05, 0) is 0 Å². The fraction of sp³-hybridized carbons (Fsp3) is 0.286. The number of H-pyrrole nitrogens is 1. The van der Waals surface area contributed by atoms with Gasteiger partial charge in [0.25, 0.3) is 11.2 Å². The van der Waals surface area contributed by atoms with Crippen LogP contribution in [-0.4, -0.2) is 21.4 Å². The maximum absolute atomic E-state index is 11.9. The number of hydrogen-bond donors (Lipinski definition) is 2. The Morgan fingerprint density at radius 1 is 1.53 bits per heavy atom. The van der Waals surface area contributed by atoms with Crippen molar-refractivity contribution in [2.24, 2.45) is 0 Å². The zero-order valence-electron chi connectivity index (χ0n) is 7.95. The average molecular weight is 254 g/mol. The standard InChI is InChI=1S/C7H5F3N2O5/c8-7(9,10)17-6-3(2-13)4(12(15)16)1-5(14)11-6/h1,13H,2H2,(H,11,14). The SMILES string of the molecule is O=c1cc([N+](=O)[O-])c(CO)c(OC(F)(F)F)[nH]1. The number of aliphatic hydroxyl groups excluding tert-OH is 1. The molecular weight excluding hydrogens is 249 g/mol. The highest BCUT2D eigenvalue weighted by atomic mass is 19.4. The number of nitrogens with one attached hydrogen (secondary N) is 1. The van der Waals surface area contributed by atoms with Crippen molar-refractivity contribution in [3.8, 4) is 5.88 Å². The van der Waals surface area contributed by atoms with Crippen LogP contribution in [0, 0.1) is 10.1 Å². The van der Waals surface area contributed by atoms with Crippen molar-refractivity contribution in [2.75, 3.05) is 0 Å². The third-order valence-electron chi connectivity index (χ3n) is 1.66. The van der Waals surface area contributed by atoms with Gasteiger partial charge >= 0.3 is 6.36 Å². The summed E-state index contributed by atoms with van der Waals surface area (Å²) in [6.07, 6.45) is -5.14. The molecule has 94 valence electrons. The highest BCUT2D eigenvalue weighted by Crippen LogP contribution is 2.28. The quantitative estimate of drug-likeness (QED) is 0.609. The van der Waals surface area contributed by atoms with E-state index in [9.17, 15) is 28.1 Å². The van der Waals surface area contributed by atoms with Gasteiger partial charge in [-0.1, -0.05) is 0 Å². The van der Waals surface area contributed by atoms with Gasteiger partial charge in [0, 0.05) is 0 Å². The number of nitrogens with zero attached hydrogens (tertiary/aromatic N) is 1. The second-order valence-electron chi connectivity index (χ2n) is 2.79. The molecule has 2 N–H and O–H groups in total. The molecule has 0 unspecified atom stereocenters. The first-order chi connectivity index (χ1) is 7.74. The van der Waals surface area contributed by atoms with Gasteiger partial charge in [0.2, 0.25) is 5.88 Å². The molecule has 0 aliphatic carbocycles. The van der Waals surface area contributed by atoms with Gasteiger partial charge in [0.1, 0.15) is 5.56 Å². The zero-order valence-corrected chi connectivity index (χ0v) is 7.95. The summed E-state index contributed by atoms with van der Waals surface area (Å²) < 4.78 is 39.2. The number of pyridine rings is 1. The lowest BCUT2D eigenvalue weighted by Gasteiger charge is -2.11. The summed E-state index contributed by atoms with van der Waals surface area (Å²) in [5.74, 6) is -1.20. The lowest BCUT2D eigenvalue weighted by molar-refractivity contribution is -0.386. The Labute approximate surface area is 90.6 Å². The molecule has 0 spiro atoms. The normalized spacial score (nSPS) is 11.3. The Kier molecular flexibility index (Phi) is 3.36. The van der Waals surface area contributed by atoms with Crippen LogP contribution in [0.1, 0.15) is 5.56 Å². The lowest BCUT2D eigenvalue weighted by atomic mass is 10.2. The highest BCUT2D eigenvalue weighted by molar-refractivity contribution is 5.44. The van der Waals surface area contributed by atoms with Gasteiger partial charge in [0.15, 0.2) is 0 Å². The Bertz CT molecular complexity index is 495. The van der Waals surface area contributed by atoms with Crippen molar-refractivity contribution >= 4 is 5.69 Å². The van der Waals surface area contributed by atoms with Crippen molar-refractivity contribution in [1.82, 2.24) is 4.98 Å².